The van der Waals surface area contributed by atoms with Gasteiger partial charge in [-0.3, -0.25) is 4.98 Å². The van der Waals surface area contributed by atoms with E-state index in [1.54, 1.807) is 43.8 Å². The fourth-order valence-corrected chi connectivity index (χ4v) is 5.76. The van der Waals surface area contributed by atoms with Crippen molar-refractivity contribution in [2.75, 3.05) is 7.11 Å². The van der Waals surface area contributed by atoms with Gasteiger partial charge in [0.15, 0.2) is 5.54 Å². The number of rotatable bonds is 13. The van der Waals surface area contributed by atoms with Crippen molar-refractivity contribution in [2.45, 2.75) is 63.0 Å². The van der Waals surface area contributed by atoms with Crippen LogP contribution in [0.2, 0.25) is 0 Å². The van der Waals surface area contributed by atoms with Gasteiger partial charge < -0.3 is 20.0 Å². The maximum absolute atomic E-state index is 12.9. The molecule has 0 radical (unpaired) electrons. The number of benzene rings is 1. The van der Waals surface area contributed by atoms with Crippen LogP contribution in [0.1, 0.15) is 62.5 Å². The van der Waals surface area contributed by atoms with Crippen LogP contribution in [-0.2, 0) is 19.9 Å². The molecule has 0 amide bonds. The topological polar surface area (TPSA) is 129 Å². The molecule has 1 saturated carbocycles. The summed E-state index contributed by atoms with van der Waals surface area (Å²) in [6, 6.07) is 10.5. The van der Waals surface area contributed by atoms with Crippen LogP contribution in [0.15, 0.2) is 77.3 Å². The maximum Gasteiger partial charge on any atom is 0.333 e. The Bertz CT molecular complexity index is 1310. The Morgan fingerprint density at radius 2 is 2.02 bits per heavy atom. The largest absolute Gasteiger partial charge is 0.479 e. The third-order valence-corrected chi connectivity index (χ3v) is 8.00. The lowest BCUT2D eigenvalue weighted by molar-refractivity contribution is -0.142. The zero-order valence-corrected chi connectivity index (χ0v) is 22.9. The van der Waals surface area contributed by atoms with Crippen LogP contribution in [0.25, 0.3) is 17.5 Å². The quantitative estimate of drug-likeness (QED) is 0.258. The van der Waals surface area contributed by atoms with Crippen molar-refractivity contribution in [2.24, 2.45) is 17.6 Å². The fourth-order valence-electron chi connectivity index (χ4n) is 5.76. The second-order valence-electron chi connectivity index (χ2n) is 10.4. The van der Waals surface area contributed by atoms with Crippen molar-refractivity contribution in [3.05, 3.63) is 84.0 Å². The number of carboxylic acids is 1. The Morgan fingerprint density at radius 1 is 1.23 bits per heavy atom. The van der Waals surface area contributed by atoms with Crippen molar-refractivity contribution < 1.29 is 23.8 Å². The van der Waals surface area contributed by atoms with E-state index in [1.165, 1.54) is 12.5 Å². The summed E-state index contributed by atoms with van der Waals surface area (Å²) in [6.07, 6.45) is 17.8. The molecule has 3 N–H and O–H groups in total. The Morgan fingerprint density at radius 3 is 2.67 bits per heavy atom. The fraction of sp³-hybridized carbons (Fsp3) is 0.406. The molecule has 4 rings (SSSR count). The van der Waals surface area contributed by atoms with Gasteiger partial charge in [0.25, 0.3) is 0 Å². The van der Waals surface area contributed by atoms with E-state index in [1.807, 2.05) is 30.2 Å². The van der Waals surface area contributed by atoms with Gasteiger partial charge in [-0.05, 0) is 68.1 Å². The first-order valence-electron chi connectivity index (χ1n) is 13.8. The van der Waals surface area contributed by atoms with Crippen LogP contribution in [0.3, 0.4) is 0 Å². The van der Waals surface area contributed by atoms with Crippen molar-refractivity contribution in [3.63, 3.8) is 0 Å². The predicted molar refractivity (Wildman–Crippen MR) is 153 cm³/mol. The molecule has 0 aliphatic heterocycles. The van der Waals surface area contributed by atoms with E-state index in [0.717, 1.165) is 44.1 Å². The number of carbonyl (C=O) groups excluding carboxylic acids is 1. The number of aromatic nitrogens is 2. The molecule has 2 aromatic heterocycles. The van der Waals surface area contributed by atoms with Gasteiger partial charge in [0.1, 0.15) is 12.2 Å². The van der Waals surface area contributed by atoms with E-state index in [-0.39, 0.29) is 17.0 Å². The standard InChI is InChI=1S/C32H37N3O5/c1-39-26-16-14-23(15-17-26)7-4-10-25(11-5-8-24-9-6-18-34-21-24)29(22-36)32(33,31(37)38)28-13-3-2-12-27(28)30-35-19-20-40-30/h2-3,5-6,8-9,12-13,18-21,23,25-26H,4,7,10-11,14-17,33H2,1H3,(H,37,38)/t23-,25?,26+,32?. The molecule has 8 heteroatoms. The number of hydrogen-bond donors (Lipinski definition) is 2. The molecule has 210 valence electrons. The monoisotopic (exact) mass is 543 g/mol. The maximum atomic E-state index is 12.9. The van der Waals surface area contributed by atoms with Crippen LogP contribution < -0.4 is 5.73 Å². The van der Waals surface area contributed by atoms with Crippen LogP contribution in [0, 0.1) is 11.8 Å². The van der Waals surface area contributed by atoms with Crippen molar-refractivity contribution >= 4 is 18.0 Å². The number of pyridine rings is 1. The van der Waals surface area contributed by atoms with Gasteiger partial charge in [-0.25, -0.2) is 14.6 Å². The molecule has 1 aromatic carbocycles. The molecular weight excluding hydrogens is 506 g/mol. The highest BCUT2D eigenvalue weighted by atomic mass is 16.5. The number of nitrogens with two attached hydrogens (primary N) is 1. The van der Waals surface area contributed by atoms with E-state index < -0.39 is 17.4 Å². The van der Waals surface area contributed by atoms with Crippen LogP contribution >= 0.6 is 0 Å². The van der Waals surface area contributed by atoms with Gasteiger partial charge in [0, 0.05) is 30.6 Å². The molecule has 0 saturated heterocycles. The smallest absolute Gasteiger partial charge is 0.333 e. The summed E-state index contributed by atoms with van der Waals surface area (Å²) in [7, 11) is 1.77. The second kappa shape index (κ2) is 14.0. The lowest BCUT2D eigenvalue weighted by Gasteiger charge is -2.32. The molecule has 3 aromatic rings. The highest BCUT2D eigenvalue weighted by Crippen LogP contribution is 2.40. The lowest BCUT2D eigenvalue weighted by atomic mass is 9.73. The molecule has 0 bridgehead atoms. The van der Waals surface area contributed by atoms with E-state index in [2.05, 4.69) is 9.97 Å². The number of hydrogen-bond acceptors (Lipinski definition) is 7. The molecular formula is C32H37N3O5. The summed E-state index contributed by atoms with van der Waals surface area (Å²) >= 11 is 0. The first kappa shape index (κ1) is 29.2. The molecule has 2 atom stereocenters. The summed E-state index contributed by atoms with van der Waals surface area (Å²) in [5, 5.41) is 10.5. The van der Waals surface area contributed by atoms with E-state index in [0.29, 0.717) is 30.4 Å². The number of oxazole rings is 1. The third kappa shape index (κ3) is 6.83. The zero-order chi connectivity index (χ0) is 28.4. The summed E-state index contributed by atoms with van der Waals surface area (Å²) in [6.45, 7) is 0. The Hall–Kier alpha value is -3.84. The van der Waals surface area contributed by atoms with Crippen molar-refractivity contribution in [3.8, 4) is 11.5 Å². The van der Waals surface area contributed by atoms with Crippen LogP contribution in [-0.4, -0.2) is 40.2 Å². The molecule has 1 aliphatic rings. The summed E-state index contributed by atoms with van der Waals surface area (Å²) in [5.41, 5.74) is 6.21. The highest BCUT2D eigenvalue weighted by Gasteiger charge is 2.46. The molecule has 0 spiro atoms. The molecule has 1 fully saturated rings. The van der Waals surface area contributed by atoms with Gasteiger partial charge in [0.05, 0.1) is 17.9 Å². The number of carboxylic acid groups (broad SMARTS) is 1. The number of allylic oxidation sites excluding steroid dienone is 1. The number of nitrogens with zero attached hydrogens (tertiary/aromatic N) is 2. The van der Waals surface area contributed by atoms with Gasteiger partial charge in [-0.1, -0.05) is 49.3 Å². The average molecular weight is 544 g/mol. The van der Waals surface area contributed by atoms with Crippen molar-refractivity contribution in [1.82, 2.24) is 9.97 Å². The molecule has 2 heterocycles. The number of ether oxygens (including phenoxy) is 1. The summed E-state index contributed by atoms with van der Waals surface area (Å²) in [4.78, 5) is 33.9. The minimum absolute atomic E-state index is 0.0120. The first-order valence-corrected chi connectivity index (χ1v) is 13.8. The Balaban J connectivity index is 1.62. The molecule has 2 unspecified atom stereocenters. The molecule has 1 aliphatic carbocycles. The van der Waals surface area contributed by atoms with E-state index in [9.17, 15) is 14.7 Å². The minimum atomic E-state index is -2.11. The average Bonchev–Trinajstić information content (AvgIpc) is 3.53. The van der Waals surface area contributed by atoms with Gasteiger partial charge >= 0.3 is 5.97 Å². The second-order valence-corrected chi connectivity index (χ2v) is 10.4. The number of carbonyl (C=O) groups is 1. The zero-order valence-electron chi connectivity index (χ0n) is 22.9. The van der Waals surface area contributed by atoms with Gasteiger partial charge in [-0.15, -0.1) is 0 Å². The predicted octanol–water partition coefficient (Wildman–Crippen LogP) is 5.83. The third-order valence-electron chi connectivity index (χ3n) is 8.00. The lowest BCUT2D eigenvalue weighted by Crippen LogP contribution is -2.49. The Labute approximate surface area is 235 Å². The summed E-state index contributed by atoms with van der Waals surface area (Å²) in [5.74, 6) is 1.06. The molecule has 8 nitrogen and oxygen atoms in total. The number of aliphatic carboxylic acids is 1. The number of methoxy groups -OCH3 is 1. The van der Waals surface area contributed by atoms with E-state index in [4.69, 9.17) is 14.9 Å². The Kier molecular flexibility index (Phi) is 10.2. The van der Waals surface area contributed by atoms with Crippen molar-refractivity contribution in [1.29, 1.82) is 0 Å². The summed E-state index contributed by atoms with van der Waals surface area (Å²) < 4.78 is 11.0. The first-order chi connectivity index (χ1) is 19.5. The van der Waals surface area contributed by atoms with Gasteiger partial charge in [-0.2, -0.15) is 0 Å². The normalized spacial score (nSPS) is 19.6. The SMILES string of the molecule is CO[C@H]1CC[C@@H](CCCC(CC=Cc2cccnc2)C(=C=O)C(N)(C(=O)O)c2ccccc2-c2ncco2)CC1. The molecule has 40 heavy (non-hydrogen) atoms. The minimum Gasteiger partial charge on any atom is -0.479 e. The van der Waals surface area contributed by atoms with Gasteiger partial charge in [0.2, 0.25) is 5.89 Å². The van der Waals surface area contributed by atoms with E-state index >= 15 is 0 Å². The van der Waals surface area contributed by atoms with Crippen LogP contribution in [0.5, 0.6) is 0 Å². The highest BCUT2D eigenvalue weighted by molar-refractivity contribution is 5.90. The van der Waals surface area contributed by atoms with Crippen LogP contribution in [0.4, 0.5) is 0 Å².